The lowest BCUT2D eigenvalue weighted by atomic mass is 10.2. The van der Waals surface area contributed by atoms with Crippen molar-refractivity contribution in [3.63, 3.8) is 0 Å². The maximum absolute atomic E-state index is 13.3. The number of carbonyl (C=O) groups excluding carboxylic acids is 1. The average Bonchev–Trinajstić information content (AvgIpc) is 3.34. The molecule has 0 aliphatic heterocycles. The number of nitrogens with zero attached hydrogens (tertiary/aromatic N) is 4. The Hall–Kier alpha value is -3.68. The number of benzene rings is 1. The summed E-state index contributed by atoms with van der Waals surface area (Å²) < 4.78 is 8.49. The Labute approximate surface area is 179 Å². The predicted octanol–water partition coefficient (Wildman–Crippen LogP) is 3.37. The fraction of sp³-hybridized carbons (Fsp3) is 0.304. The molecule has 0 saturated heterocycles. The lowest BCUT2D eigenvalue weighted by Gasteiger charge is -2.17. The van der Waals surface area contributed by atoms with Crippen molar-refractivity contribution in [3.8, 4) is 5.69 Å². The van der Waals surface area contributed by atoms with E-state index in [9.17, 15) is 9.59 Å². The van der Waals surface area contributed by atoms with Gasteiger partial charge in [0.05, 0.1) is 29.0 Å². The molecule has 0 aliphatic rings. The SMILES string of the molecule is CC[C@@H](C(=O)NCc1ccc(C)o1)n1nc(C)c2c(C)n(-c3ccccc3)nc2c1=O. The highest BCUT2D eigenvalue weighted by atomic mass is 16.3. The van der Waals surface area contributed by atoms with E-state index in [2.05, 4.69) is 15.5 Å². The van der Waals surface area contributed by atoms with E-state index in [0.717, 1.165) is 17.1 Å². The molecule has 0 radical (unpaired) electrons. The van der Waals surface area contributed by atoms with Crippen LogP contribution in [0.5, 0.6) is 0 Å². The molecule has 1 aromatic carbocycles. The van der Waals surface area contributed by atoms with Crippen LogP contribution in [0, 0.1) is 20.8 Å². The lowest BCUT2D eigenvalue weighted by Crippen LogP contribution is -2.38. The van der Waals surface area contributed by atoms with Crippen molar-refractivity contribution in [2.75, 3.05) is 0 Å². The molecule has 0 spiro atoms. The van der Waals surface area contributed by atoms with Crippen molar-refractivity contribution in [2.45, 2.75) is 46.7 Å². The molecule has 0 bridgehead atoms. The first-order valence-electron chi connectivity index (χ1n) is 10.3. The van der Waals surface area contributed by atoms with Gasteiger partial charge >= 0.3 is 0 Å². The van der Waals surface area contributed by atoms with Crippen molar-refractivity contribution < 1.29 is 9.21 Å². The summed E-state index contributed by atoms with van der Waals surface area (Å²) in [5.41, 5.74) is 2.28. The quantitative estimate of drug-likeness (QED) is 0.517. The average molecular weight is 419 g/mol. The minimum Gasteiger partial charge on any atom is -0.465 e. The number of hydrogen-bond donors (Lipinski definition) is 1. The van der Waals surface area contributed by atoms with Gasteiger partial charge in [0, 0.05) is 0 Å². The molecule has 8 nitrogen and oxygen atoms in total. The summed E-state index contributed by atoms with van der Waals surface area (Å²) in [5.74, 6) is 1.15. The van der Waals surface area contributed by atoms with Gasteiger partial charge in [-0.05, 0) is 51.5 Å². The van der Waals surface area contributed by atoms with E-state index < -0.39 is 6.04 Å². The first kappa shape index (κ1) is 20.6. The maximum atomic E-state index is 13.3. The third-order valence-electron chi connectivity index (χ3n) is 5.36. The van der Waals surface area contributed by atoms with Gasteiger partial charge in [0.2, 0.25) is 5.91 Å². The summed E-state index contributed by atoms with van der Waals surface area (Å²) >= 11 is 0. The Kier molecular flexibility index (Phi) is 5.46. The third kappa shape index (κ3) is 3.76. The van der Waals surface area contributed by atoms with Gasteiger partial charge in [0.1, 0.15) is 17.6 Å². The van der Waals surface area contributed by atoms with Crippen molar-refractivity contribution in [1.82, 2.24) is 24.9 Å². The molecule has 3 heterocycles. The molecule has 4 rings (SSSR count). The van der Waals surface area contributed by atoms with Crippen LogP contribution in [0.2, 0.25) is 0 Å². The van der Waals surface area contributed by atoms with Crippen molar-refractivity contribution in [1.29, 1.82) is 0 Å². The van der Waals surface area contributed by atoms with Gasteiger partial charge in [-0.3, -0.25) is 9.59 Å². The number of hydrogen-bond acceptors (Lipinski definition) is 5. The summed E-state index contributed by atoms with van der Waals surface area (Å²) in [5, 5.41) is 12.6. The molecule has 0 saturated carbocycles. The highest BCUT2D eigenvalue weighted by Crippen LogP contribution is 2.22. The molecule has 3 aromatic heterocycles. The number of aryl methyl sites for hydroxylation is 3. The largest absolute Gasteiger partial charge is 0.465 e. The zero-order valence-electron chi connectivity index (χ0n) is 18.0. The normalized spacial score (nSPS) is 12.3. The second kappa shape index (κ2) is 8.22. The van der Waals surface area contributed by atoms with Crippen molar-refractivity contribution >= 4 is 16.8 Å². The first-order chi connectivity index (χ1) is 14.9. The highest BCUT2D eigenvalue weighted by molar-refractivity contribution is 5.84. The first-order valence-corrected chi connectivity index (χ1v) is 10.3. The topological polar surface area (TPSA) is 95.0 Å². The number of amides is 1. The summed E-state index contributed by atoms with van der Waals surface area (Å²) in [6.07, 6.45) is 0.416. The maximum Gasteiger partial charge on any atom is 0.295 e. The van der Waals surface area contributed by atoms with Crippen LogP contribution in [0.15, 0.2) is 51.7 Å². The monoisotopic (exact) mass is 419 g/mol. The molecule has 0 aliphatic carbocycles. The summed E-state index contributed by atoms with van der Waals surface area (Å²) in [7, 11) is 0. The molecule has 8 heteroatoms. The van der Waals surface area contributed by atoms with Crippen LogP contribution < -0.4 is 10.9 Å². The highest BCUT2D eigenvalue weighted by Gasteiger charge is 2.25. The van der Waals surface area contributed by atoms with Crippen LogP contribution in [0.1, 0.15) is 42.3 Å². The molecule has 4 aromatic rings. The summed E-state index contributed by atoms with van der Waals surface area (Å²) in [4.78, 5) is 26.2. The minimum absolute atomic E-state index is 0.251. The number of aromatic nitrogens is 4. The molecular weight excluding hydrogens is 394 g/mol. The van der Waals surface area contributed by atoms with E-state index in [1.165, 1.54) is 4.68 Å². The van der Waals surface area contributed by atoms with Crippen LogP contribution in [0.25, 0.3) is 16.6 Å². The van der Waals surface area contributed by atoms with Crippen LogP contribution in [-0.4, -0.2) is 25.5 Å². The fourth-order valence-electron chi connectivity index (χ4n) is 3.82. The van der Waals surface area contributed by atoms with Crippen LogP contribution >= 0.6 is 0 Å². The molecule has 1 amide bonds. The Morgan fingerprint density at radius 3 is 2.48 bits per heavy atom. The second-order valence-electron chi connectivity index (χ2n) is 7.55. The number of para-hydroxylation sites is 1. The number of rotatable bonds is 6. The second-order valence-corrected chi connectivity index (χ2v) is 7.55. The smallest absolute Gasteiger partial charge is 0.295 e. The van der Waals surface area contributed by atoms with Crippen molar-refractivity contribution in [2.24, 2.45) is 0 Å². The Morgan fingerprint density at radius 1 is 1.10 bits per heavy atom. The predicted molar refractivity (Wildman–Crippen MR) is 117 cm³/mol. The molecule has 1 atom stereocenters. The van der Waals surface area contributed by atoms with Gasteiger partial charge in [-0.2, -0.15) is 10.2 Å². The van der Waals surface area contributed by atoms with Gasteiger partial charge < -0.3 is 9.73 Å². The third-order valence-corrected chi connectivity index (χ3v) is 5.36. The Morgan fingerprint density at radius 2 is 1.84 bits per heavy atom. The van der Waals surface area contributed by atoms with E-state index in [1.54, 1.807) is 4.68 Å². The van der Waals surface area contributed by atoms with Gasteiger partial charge in [-0.1, -0.05) is 25.1 Å². The number of furan rings is 1. The zero-order chi connectivity index (χ0) is 22.1. The zero-order valence-corrected chi connectivity index (χ0v) is 18.0. The van der Waals surface area contributed by atoms with Gasteiger partial charge in [-0.25, -0.2) is 9.36 Å². The van der Waals surface area contributed by atoms with Gasteiger partial charge in [0.15, 0.2) is 5.52 Å². The van der Waals surface area contributed by atoms with Crippen molar-refractivity contribution in [3.05, 3.63) is 75.7 Å². The summed E-state index contributed by atoms with van der Waals surface area (Å²) in [6, 6.07) is 12.5. The molecular formula is C23H25N5O3. The summed E-state index contributed by atoms with van der Waals surface area (Å²) in [6.45, 7) is 7.69. The van der Waals surface area contributed by atoms with Gasteiger partial charge in [-0.15, -0.1) is 0 Å². The minimum atomic E-state index is -0.742. The lowest BCUT2D eigenvalue weighted by molar-refractivity contribution is -0.125. The van der Waals surface area contributed by atoms with E-state index in [0.29, 0.717) is 28.8 Å². The Balaban J connectivity index is 1.72. The molecule has 160 valence electrons. The number of carbonyl (C=O) groups is 1. The molecule has 0 unspecified atom stereocenters. The molecule has 0 fully saturated rings. The van der Waals surface area contributed by atoms with Crippen LogP contribution in [0.3, 0.4) is 0 Å². The standard InChI is InChI=1S/C23H25N5O3/c1-5-19(22(29)24-13-18-12-11-14(2)31-18)28-23(30)21-20(15(3)25-28)16(4)27(26-21)17-9-7-6-8-10-17/h6-12,19H,5,13H2,1-4H3,(H,24,29)/t19-/m0/s1. The molecule has 1 N–H and O–H groups in total. The number of fused-ring (bicyclic) bond motifs is 1. The van der Waals surface area contributed by atoms with E-state index in [1.807, 2.05) is 70.2 Å². The van der Waals surface area contributed by atoms with Crippen LogP contribution in [0.4, 0.5) is 0 Å². The fourth-order valence-corrected chi connectivity index (χ4v) is 3.82. The van der Waals surface area contributed by atoms with Gasteiger partial charge in [0.25, 0.3) is 5.56 Å². The molecule has 31 heavy (non-hydrogen) atoms. The van der Waals surface area contributed by atoms with E-state index in [-0.39, 0.29) is 18.0 Å². The van der Waals surface area contributed by atoms with Crippen LogP contribution in [-0.2, 0) is 11.3 Å². The Bertz CT molecular complexity index is 1300. The number of nitrogens with one attached hydrogen (secondary N) is 1. The van der Waals surface area contributed by atoms with E-state index in [4.69, 9.17) is 4.42 Å². The van der Waals surface area contributed by atoms with E-state index >= 15 is 0 Å².